The molecule has 3 nitrogen and oxygen atoms in total. The second kappa shape index (κ2) is 10.4. The smallest absolute Gasteiger partial charge is 0.338 e. The van der Waals surface area contributed by atoms with E-state index in [1.807, 2.05) is 42.5 Å². The van der Waals surface area contributed by atoms with Gasteiger partial charge in [0, 0.05) is 5.92 Å². The van der Waals surface area contributed by atoms with Gasteiger partial charge in [-0.2, -0.15) is 0 Å². The predicted octanol–water partition coefficient (Wildman–Crippen LogP) is 4.39. The number of quaternary nitrogens is 1. The predicted molar refractivity (Wildman–Crippen MR) is 126 cm³/mol. The van der Waals surface area contributed by atoms with E-state index in [0.717, 1.165) is 13.0 Å². The fraction of sp³-hybridized carbons (Fsp3) is 0.321. The molecule has 0 spiro atoms. The standard InChI is InChI=1S/C28H33NO2/c1-5-26(31-27(30)23-15-9-6-10-16-23)28(22(2)21-29(3)4,24-17-11-7-12-18-24)25-19-13-8-14-20-25/h6-20,22,26H,5,21H2,1-4H3/p+1. The summed E-state index contributed by atoms with van der Waals surface area (Å²) in [6.45, 7) is 5.34. The number of rotatable bonds is 9. The highest BCUT2D eigenvalue weighted by Crippen LogP contribution is 2.44. The molecular weight excluding hydrogens is 382 g/mol. The summed E-state index contributed by atoms with van der Waals surface area (Å²) in [5.74, 6) is -0.0380. The summed E-state index contributed by atoms with van der Waals surface area (Å²) in [7, 11) is 4.35. The van der Waals surface area contributed by atoms with Gasteiger partial charge in [0.1, 0.15) is 6.10 Å². The number of hydrogen-bond donors (Lipinski definition) is 1. The summed E-state index contributed by atoms with van der Waals surface area (Å²) < 4.78 is 6.31. The molecule has 0 radical (unpaired) electrons. The van der Waals surface area contributed by atoms with E-state index < -0.39 is 5.41 Å². The van der Waals surface area contributed by atoms with E-state index in [2.05, 4.69) is 76.5 Å². The van der Waals surface area contributed by atoms with Gasteiger partial charge in [-0.15, -0.1) is 0 Å². The summed E-state index contributed by atoms with van der Waals surface area (Å²) in [4.78, 5) is 14.5. The molecule has 3 aromatic carbocycles. The van der Waals surface area contributed by atoms with Gasteiger partial charge in [-0.1, -0.05) is 92.7 Å². The fourth-order valence-corrected chi connectivity index (χ4v) is 4.90. The first-order valence-electron chi connectivity index (χ1n) is 11.2. The Morgan fingerprint density at radius 3 is 1.71 bits per heavy atom. The monoisotopic (exact) mass is 416 g/mol. The van der Waals surface area contributed by atoms with Crippen molar-refractivity contribution in [3.05, 3.63) is 108 Å². The first-order valence-corrected chi connectivity index (χ1v) is 11.2. The number of benzene rings is 3. The van der Waals surface area contributed by atoms with Crippen molar-refractivity contribution in [2.75, 3.05) is 20.6 Å². The van der Waals surface area contributed by atoms with Crippen molar-refractivity contribution in [1.29, 1.82) is 0 Å². The Bertz CT molecular complexity index is 899. The van der Waals surface area contributed by atoms with Crippen LogP contribution in [0.1, 0.15) is 41.8 Å². The Labute approximate surface area is 186 Å². The van der Waals surface area contributed by atoms with E-state index in [1.165, 1.54) is 16.0 Å². The highest BCUT2D eigenvalue weighted by Gasteiger charge is 2.48. The molecule has 2 atom stereocenters. The maximum absolute atomic E-state index is 13.1. The van der Waals surface area contributed by atoms with E-state index in [-0.39, 0.29) is 18.0 Å². The molecule has 3 aromatic rings. The van der Waals surface area contributed by atoms with Crippen LogP contribution in [0.3, 0.4) is 0 Å². The normalized spacial score (nSPS) is 13.6. The number of carbonyl (C=O) groups is 1. The minimum Gasteiger partial charge on any atom is -0.457 e. The van der Waals surface area contributed by atoms with Gasteiger partial charge in [-0.05, 0) is 29.7 Å². The Morgan fingerprint density at radius 2 is 1.29 bits per heavy atom. The molecule has 3 rings (SSSR count). The maximum atomic E-state index is 13.1. The van der Waals surface area contributed by atoms with Crippen LogP contribution in [-0.4, -0.2) is 32.7 Å². The average Bonchev–Trinajstić information content (AvgIpc) is 2.80. The van der Waals surface area contributed by atoms with Crippen LogP contribution in [0.25, 0.3) is 0 Å². The third-order valence-corrected chi connectivity index (χ3v) is 6.13. The van der Waals surface area contributed by atoms with Crippen molar-refractivity contribution in [1.82, 2.24) is 0 Å². The van der Waals surface area contributed by atoms with Crippen molar-refractivity contribution in [3.8, 4) is 0 Å². The topological polar surface area (TPSA) is 30.7 Å². The van der Waals surface area contributed by atoms with Crippen LogP contribution in [0.2, 0.25) is 0 Å². The lowest BCUT2D eigenvalue weighted by molar-refractivity contribution is -0.862. The molecule has 1 N–H and O–H groups in total. The van der Waals surface area contributed by atoms with E-state index >= 15 is 0 Å². The third-order valence-electron chi connectivity index (χ3n) is 6.13. The quantitative estimate of drug-likeness (QED) is 0.525. The molecule has 0 aliphatic rings. The van der Waals surface area contributed by atoms with E-state index in [0.29, 0.717) is 5.56 Å². The van der Waals surface area contributed by atoms with E-state index in [4.69, 9.17) is 4.74 Å². The number of ether oxygens (including phenoxy) is 1. The molecule has 0 amide bonds. The minimum absolute atomic E-state index is 0.232. The van der Waals surface area contributed by atoms with Crippen LogP contribution in [0.4, 0.5) is 0 Å². The Balaban J connectivity index is 2.18. The zero-order chi connectivity index (χ0) is 22.3. The van der Waals surface area contributed by atoms with E-state index in [1.54, 1.807) is 0 Å². The second-order valence-electron chi connectivity index (χ2n) is 8.58. The van der Waals surface area contributed by atoms with Gasteiger partial charge in [-0.25, -0.2) is 4.79 Å². The van der Waals surface area contributed by atoms with Crippen molar-refractivity contribution >= 4 is 5.97 Å². The fourth-order valence-electron chi connectivity index (χ4n) is 4.90. The molecule has 162 valence electrons. The highest BCUT2D eigenvalue weighted by molar-refractivity contribution is 5.89. The van der Waals surface area contributed by atoms with E-state index in [9.17, 15) is 4.79 Å². The van der Waals surface area contributed by atoms with Crippen molar-refractivity contribution < 1.29 is 14.4 Å². The molecule has 0 aliphatic heterocycles. The lowest BCUT2D eigenvalue weighted by Crippen LogP contribution is -3.06. The summed E-state index contributed by atoms with van der Waals surface area (Å²) in [6.07, 6.45) is 0.412. The van der Waals surface area contributed by atoms with Crippen molar-refractivity contribution in [2.24, 2.45) is 5.92 Å². The summed E-state index contributed by atoms with van der Waals surface area (Å²) in [5.41, 5.74) is 2.49. The van der Waals surface area contributed by atoms with Crippen molar-refractivity contribution in [2.45, 2.75) is 31.8 Å². The molecular formula is C28H34NO2+. The first-order chi connectivity index (χ1) is 15.0. The Kier molecular flexibility index (Phi) is 7.64. The average molecular weight is 417 g/mol. The molecule has 0 bridgehead atoms. The molecule has 31 heavy (non-hydrogen) atoms. The summed E-state index contributed by atoms with van der Waals surface area (Å²) >= 11 is 0. The van der Waals surface area contributed by atoms with Crippen molar-refractivity contribution in [3.63, 3.8) is 0 Å². The maximum Gasteiger partial charge on any atom is 0.338 e. The largest absolute Gasteiger partial charge is 0.457 e. The van der Waals surface area contributed by atoms with Gasteiger partial charge in [0.2, 0.25) is 0 Å². The summed E-state index contributed by atoms with van der Waals surface area (Å²) in [6, 6.07) is 30.4. The molecule has 0 aliphatic carbocycles. The van der Waals surface area contributed by atoms with Crippen LogP contribution < -0.4 is 4.90 Å². The van der Waals surface area contributed by atoms with Gasteiger partial charge >= 0.3 is 5.97 Å². The molecule has 0 saturated carbocycles. The number of esters is 1. The number of hydrogen-bond acceptors (Lipinski definition) is 2. The third kappa shape index (κ3) is 4.88. The van der Waals surface area contributed by atoms with Gasteiger partial charge in [0.15, 0.2) is 0 Å². The van der Waals surface area contributed by atoms with Crippen LogP contribution in [0.15, 0.2) is 91.0 Å². The van der Waals surface area contributed by atoms with Gasteiger partial charge in [0.05, 0.1) is 31.6 Å². The lowest BCUT2D eigenvalue weighted by Gasteiger charge is -2.45. The molecule has 0 fully saturated rings. The lowest BCUT2D eigenvalue weighted by atomic mass is 9.62. The van der Waals surface area contributed by atoms with Crippen LogP contribution >= 0.6 is 0 Å². The zero-order valence-corrected chi connectivity index (χ0v) is 19.0. The molecule has 0 aromatic heterocycles. The van der Waals surface area contributed by atoms with Gasteiger partial charge in [-0.3, -0.25) is 0 Å². The van der Waals surface area contributed by atoms with Crippen LogP contribution in [0.5, 0.6) is 0 Å². The number of nitrogens with one attached hydrogen (secondary N) is 1. The second-order valence-corrected chi connectivity index (χ2v) is 8.58. The van der Waals surface area contributed by atoms with Crippen LogP contribution in [0, 0.1) is 5.92 Å². The van der Waals surface area contributed by atoms with Crippen LogP contribution in [-0.2, 0) is 10.2 Å². The van der Waals surface area contributed by atoms with Gasteiger partial charge in [0.25, 0.3) is 0 Å². The van der Waals surface area contributed by atoms with Gasteiger partial charge < -0.3 is 9.64 Å². The zero-order valence-electron chi connectivity index (χ0n) is 19.0. The molecule has 2 unspecified atom stereocenters. The Hall–Kier alpha value is -2.91. The summed E-state index contributed by atoms with van der Waals surface area (Å²) in [5, 5.41) is 0. The molecule has 0 saturated heterocycles. The molecule has 0 heterocycles. The SMILES string of the molecule is CCC(OC(=O)c1ccccc1)C(c1ccccc1)(c1ccccc1)C(C)C[NH+](C)C. The Morgan fingerprint density at radius 1 is 0.839 bits per heavy atom. The highest BCUT2D eigenvalue weighted by atomic mass is 16.5. The first kappa shape index (κ1) is 22.8. The molecule has 3 heteroatoms. The minimum atomic E-state index is -0.459. The number of carbonyl (C=O) groups excluding carboxylic acids is 1.